The number of phosphoric acid groups is 1. The van der Waals surface area contributed by atoms with Crippen LogP contribution in [0, 0.1) is 52.3 Å². The van der Waals surface area contributed by atoms with Gasteiger partial charge in [0.2, 0.25) is 0 Å². The van der Waals surface area contributed by atoms with Crippen molar-refractivity contribution >= 4 is 7.82 Å². The summed E-state index contributed by atoms with van der Waals surface area (Å²) in [6.07, 6.45) is 15.7. The Morgan fingerprint density at radius 2 is 1.71 bits per heavy atom. The van der Waals surface area contributed by atoms with Crippen molar-refractivity contribution in [3.63, 3.8) is 0 Å². The Balaban J connectivity index is 1.43. The molecule has 0 N–H and O–H groups in total. The minimum Gasteiger partial charge on any atom is -0.290 e. The Morgan fingerprint density at radius 1 is 1.00 bits per heavy atom. The average molecular weight is 509 g/mol. The molecule has 0 amide bonds. The molecule has 4 rings (SSSR count). The Labute approximate surface area is 215 Å². The molecular weight excluding hydrogens is 455 g/mol. The van der Waals surface area contributed by atoms with E-state index in [1.807, 2.05) is 5.57 Å². The van der Waals surface area contributed by atoms with E-state index in [4.69, 9.17) is 13.6 Å². The molecule has 0 radical (unpaired) electrons. The van der Waals surface area contributed by atoms with Crippen LogP contribution in [-0.2, 0) is 18.1 Å². The molecular formula is C30H53O4P. The SMILES string of the molecule is COP(=O)(OC)OC(CC[C@@H](C)[C@H]1CC[C@H]2[C@@H]3CC=C4C[C@@H](C)CC[C@]4(C)[C@H]3CC[C@]12C)C(C)C. The van der Waals surface area contributed by atoms with Gasteiger partial charge in [-0.15, -0.1) is 0 Å². The number of fused-ring (bicyclic) bond motifs is 5. The van der Waals surface area contributed by atoms with Crippen LogP contribution in [0.15, 0.2) is 11.6 Å². The van der Waals surface area contributed by atoms with E-state index in [2.05, 4.69) is 47.6 Å². The highest BCUT2D eigenvalue weighted by Crippen LogP contribution is 2.67. The lowest BCUT2D eigenvalue weighted by atomic mass is 9.46. The van der Waals surface area contributed by atoms with Crippen molar-refractivity contribution < 1.29 is 18.1 Å². The summed E-state index contributed by atoms with van der Waals surface area (Å²) < 4.78 is 28.6. The smallest absolute Gasteiger partial charge is 0.290 e. The normalized spacial score (nSPS) is 41.1. The lowest BCUT2D eigenvalue weighted by molar-refractivity contribution is -0.0531. The zero-order valence-corrected chi connectivity index (χ0v) is 24.7. The molecule has 0 aromatic rings. The Hall–Kier alpha value is -0.150. The van der Waals surface area contributed by atoms with Crippen molar-refractivity contribution in [1.82, 2.24) is 0 Å². The third-order valence-corrected chi connectivity index (χ3v) is 12.9. The van der Waals surface area contributed by atoms with Gasteiger partial charge in [0.05, 0.1) is 6.10 Å². The van der Waals surface area contributed by atoms with Crippen molar-refractivity contribution in [2.24, 2.45) is 52.3 Å². The molecule has 5 heteroatoms. The van der Waals surface area contributed by atoms with Crippen LogP contribution in [0.3, 0.4) is 0 Å². The first-order valence-corrected chi connectivity index (χ1v) is 16.0. The predicted octanol–water partition coefficient (Wildman–Crippen LogP) is 9.06. The number of hydrogen-bond acceptors (Lipinski definition) is 4. The van der Waals surface area contributed by atoms with E-state index >= 15 is 0 Å². The van der Waals surface area contributed by atoms with E-state index in [9.17, 15) is 4.57 Å². The van der Waals surface area contributed by atoms with Crippen molar-refractivity contribution in [2.45, 2.75) is 112 Å². The molecule has 0 heterocycles. The molecule has 1 unspecified atom stereocenters. The van der Waals surface area contributed by atoms with E-state index in [1.54, 1.807) is 0 Å². The Morgan fingerprint density at radius 3 is 2.37 bits per heavy atom. The van der Waals surface area contributed by atoms with Crippen LogP contribution in [0.4, 0.5) is 0 Å². The molecule has 0 saturated heterocycles. The predicted molar refractivity (Wildman–Crippen MR) is 144 cm³/mol. The zero-order valence-electron chi connectivity index (χ0n) is 23.8. The molecule has 0 bridgehead atoms. The van der Waals surface area contributed by atoms with Gasteiger partial charge in [-0.25, -0.2) is 4.57 Å². The third-order valence-electron chi connectivity index (χ3n) is 11.5. The van der Waals surface area contributed by atoms with Gasteiger partial charge in [-0.05, 0) is 116 Å². The summed E-state index contributed by atoms with van der Waals surface area (Å²) in [5.41, 5.74) is 2.75. The number of rotatable bonds is 9. The number of allylic oxidation sites excluding steroid dienone is 2. The molecule has 3 saturated carbocycles. The van der Waals surface area contributed by atoms with Gasteiger partial charge in [0, 0.05) is 14.2 Å². The zero-order chi connectivity index (χ0) is 25.6. The molecule has 0 spiro atoms. The molecule has 4 nitrogen and oxygen atoms in total. The van der Waals surface area contributed by atoms with E-state index in [-0.39, 0.29) is 12.0 Å². The van der Waals surface area contributed by atoms with Crippen LogP contribution in [0.1, 0.15) is 106 Å². The maximum absolute atomic E-state index is 12.6. The van der Waals surface area contributed by atoms with Crippen LogP contribution in [0.5, 0.6) is 0 Å². The first-order valence-electron chi connectivity index (χ1n) is 14.6. The van der Waals surface area contributed by atoms with Gasteiger partial charge in [0.25, 0.3) is 0 Å². The molecule has 4 aliphatic carbocycles. The largest absolute Gasteiger partial charge is 0.474 e. The van der Waals surface area contributed by atoms with Crippen LogP contribution in [0.2, 0.25) is 0 Å². The van der Waals surface area contributed by atoms with Crippen LogP contribution in [0.25, 0.3) is 0 Å². The highest BCUT2D eigenvalue weighted by Gasteiger charge is 2.59. The second-order valence-corrected chi connectivity index (χ2v) is 15.4. The molecule has 4 aliphatic rings. The fourth-order valence-electron chi connectivity index (χ4n) is 9.28. The van der Waals surface area contributed by atoms with Crippen molar-refractivity contribution in [3.8, 4) is 0 Å². The minimum atomic E-state index is -3.46. The molecule has 9 atom stereocenters. The third kappa shape index (κ3) is 5.13. The topological polar surface area (TPSA) is 44.8 Å². The summed E-state index contributed by atoms with van der Waals surface area (Å²) >= 11 is 0. The molecule has 202 valence electrons. The van der Waals surface area contributed by atoms with Crippen molar-refractivity contribution in [3.05, 3.63) is 11.6 Å². The second kappa shape index (κ2) is 10.5. The molecule has 3 fully saturated rings. The highest BCUT2D eigenvalue weighted by atomic mass is 31.2. The standard InChI is InChI=1S/C30H53O4P/c1-20(2)28(34-35(31,32-7)33-8)14-9-22(4)25-12-13-26-24-11-10-23-19-21(3)15-17-29(23,5)27(24)16-18-30(25,26)6/h10,20-22,24-28H,9,11-19H2,1-8H3/t21-,22+,24-,25+,26-,27-,28?,29-,30+/m0/s1. The Bertz CT molecular complexity index is 815. The number of hydrogen-bond donors (Lipinski definition) is 0. The molecule has 0 aliphatic heterocycles. The quantitative estimate of drug-likeness (QED) is 0.230. The van der Waals surface area contributed by atoms with E-state index < -0.39 is 7.82 Å². The van der Waals surface area contributed by atoms with Gasteiger partial charge < -0.3 is 0 Å². The maximum Gasteiger partial charge on any atom is 0.474 e. The fourth-order valence-corrected chi connectivity index (χ4v) is 10.3. The van der Waals surface area contributed by atoms with Crippen LogP contribution in [-0.4, -0.2) is 20.3 Å². The van der Waals surface area contributed by atoms with Gasteiger partial charge in [-0.1, -0.05) is 53.2 Å². The van der Waals surface area contributed by atoms with Gasteiger partial charge in [0.15, 0.2) is 0 Å². The summed E-state index contributed by atoms with van der Waals surface area (Å²) in [6.45, 7) is 14.5. The summed E-state index contributed by atoms with van der Waals surface area (Å²) in [6, 6.07) is 0. The Kier molecular flexibility index (Phi) is 8.40. The monoisotopic (exact) mass is 508 g/mol. The van der Waals surface area contributed by atoms with Gasteiger partial charge in [0.1, 0.15) is 0 Å². The lowest BCUT2D eigenvalue weighted by Gasteiger charge is -2.58. The average Bonchev–Trinajstić information content (AvgIpc) is 3.19. The minimum absolute atomic E-state index is 0.112. The van der Waals surface area contributed by atoms with E-state index in [0.717, 1.165) is 42.4 Å². The first kappa shape index (κ1) is 27.9. The van der Waals surface area contributed by atoms with Crippen molar-refractivity contribution in [1.29, 1.82) is 0 Å². The van der Waals surface area contributed by atoms with E-state index in [0.29, 0.717) is 16.7 Å². The van der Waals surface area contributed by atoms with Crippen molar-refractivity contribution in [2.75, 3.05) is 14.2 Å². The second-order valence-electron chi connectivity index (χ2n) is 13.6. The summed E-state index contributed by atoms with van der Waals surface area (Å²) in [5, 5.41) is 0. The van der Waals surface area contributed by atoms with Crippen LogP contribution >= 0.6 is 7.82 Å². The number of phosphoric ester groups is 1. The van der Waals surface area contributed by atoms with E-state index in [1.165, 1.54) is 65.6 Å². The molecule has 35 heavy (non-hydrogen) atoms. The fraction of sp³-hybridized carbons (Fsp3) is 0.933. The molecule has 0 aromatic carbocycles. The van der Waals surface area contributed by atoms with Gasteiger partial charge in [-0.3, -0.25) is 13.6 Å². The van der Waals surface area contributed by atoms with Crippen LogP contribution < -0.4 is 0 Å². The first-order chi connectivity index (χ1) is 16.5. The van der Waals surface area contributed by atoms with Gasteiger partial charge >= 0.3 is 7.82 Å². The molecule has 0 aromatic heterocycles. The summed E-state index contributed by atoms with van der Waals surface area (Å²) in [7, 11) is -0.656. The highest BCUT2D eigenvalue weighted by molar-refractivity contribution is 7.48. The lowest BCUT2D eigenvalue weighted by Crippen LogP contribution is -2.50. The maximum atomic E-state index is 12.6. The summed E-state index contributed by atoms with van der Waals surface area (Å²) in [4.78, 5) is 0. The summed E-state index contributed by atoms with van der Waals surface area (Å²) in [5.74, 6) is 5.23. The van der Waals surface area contributed by atoms with Gasteiger partial charge in [-0.2, -0.15) is 0 Å².